The Hall–Kier alpha value is -1.13. The molecule has 0 unspecified atom stereocenters. The number of sulfonamides is 1. The fourth-order valence-corrected chi connectivity index (χ4v) is 2.23. The average molecular weight is 300 g/mol. The van der Waals surface area contributed by atoms with Crippen LogP contribution in [-0.4, -0.2) is 44.5 Å². The van der Waals surface area contributed by atoms with Crippen LogP contribution in [0.1, 0.15) is 6.42 Å². The quantitative estimate of drug-likeness (QED) is 0.761. The number of aromatic nitrogens is 2. The van der Waals surface area contributed by atoms with Gasteiger partial charge in [-0.3, -0.25) is 4.68 Å². The molecular formula is C9H15F3N4O2S. The van der Waals surface area contributed by atoms with Crippen LogP contribution in [0.5, 0.6) is 0 Å². The van der Waals surface area contributed by atoms with Gasteiger partial charge in [0.15, 0.2) is 0 Å². The first kappa shape index (κ1) is 15.9. The molecule has 110 valence electrons. The molecule has 6 nitrogen and oxygen atoms in total. The minimum atomic E-state index is -4.39. The molecule has 0 bridgehead atoms. The monoisotopic (exact) mass is 300 g/mol. The van der Waals surface area contributed by atoms with Crippen LogP contribution < -0.4 is 10.0 Å². The Kier molecular flexibility index (Phi) is 5.32. The molecule has 1 aromatic heterocycles. The number of nitrogens with zero attached hydrogens (tertiary/aromatic N) is 2. The molecular weight excluding hydrogens is 285 g/mol. The molecule has 19 heavy (non-hydrogen) atoms. The second-order valence-corrected chi connectivity index (χ2v) is 5.57. The fourth-order valence-electron chi connectivity index (χ4n) is 1.24. The van der Waals surface area contributed by atoms with Gasteiger partial charge < -0.3 is 5.32 Å². The van der Waals surface area contributed by atoms with Crippen molar-refractivity contribution in [3.8, 4) is 0 Å². The standard InChI is InChI=1S/C9H15F3N4O2S/c1-13-4-5-16-7-8(6-14-16)19(17,18)15-3-2-9(10,11)12/h6-7,13,15H,2-5H2,1H3. The number of likely N-dealkylation sites (N-methyl/N-ethyl adjacent to an activating group) is 1. The molecule has 0 radical (unpaired) electrons. The lowest BCUT2D eigenvalue weighted by molar-refractivity contribution is -0.132. The van der Waals surface area contributed by atoms with E-state index >= 15 is 0 Å². The van der Waals surface area contributed by atoms with Gasteiger partial charge in [0, 0.05) is 19.3 Å². The molecule has 10 heteroatoms. The highest BCUT2D eigenvalue weighted by Gasteiger charge is 2.27. The zero-order valence-corrected chi connectivity index (χ0v) is 11.1. The molecule has 0 aromatic carbocycles. The predicted octanol–water partition coefficient (Wildman–Crippen LogP) is 0.333. The van der Waals surface area contributed by atoms with Crippen LogP contribution in [0.2, 0.25) is 0 Å². The summed E-state index contributed by atoms with van der Waals surface area (Å²) >= 11 is 0. The van der Waals surface area contributed by atoms with E-state index in [0.29, 0.717) is 13.1 Å². The van der Waals surface area contributed by atoms with E-state index in [1.807, 2.05) is 4.72 Å². The third-order valence-corrected chi connectivity index (χ3v) is 3.63. The summed E-state index contributed by atoms with van der Waals surface area (Å²) in [5, 5.41) is 6.68. The molecule has 1 aromatic rings. The number of hydrogen-bond acceptors (Lipinski definition) is 4. The second-order valence-electron chi connectivity index (χ2n) is 3.81. The summed E-state index contributed by atoms with van der Waals surface area (Å²) in [5.41, 5.74) is 0. The number of alkyl halides is 3. The van der Waals surface area contributed by atoms with Crippen molar-refractivity contribution < 1.29 is 21.6 Å². The van der Waals surface area contributed by atoms with Crippen LogP contribution in [0.25, 0.3) is 0 Å². The SMILES string of the molecule is CNCCn1cc(S(=O)(=O)NCCC(F)(F)F)cn1. The zero-order chi connectivity index (χ0) is 14.5. The van der Waals surface area contributed by atoms with Gasteiger partial charge in [0.1, 0.15) is 4.90 Å². The molecule has 0 spiro atoms. The van der Waals surface area contributed by atoms with Crippen LogP contribution in [0.15, 0.2) is 17.3 Å². The highest BCUT2D eigenvalue weighted by atomic mass is 32.2. The summed E-state index contributed by atoms with van der Waals surface area (Å²) in [4.78, 5) is -0.147. The van der Waals surface area contributed by atoms with Gasteiger partial charge in [0.2, 0.25) is 10.0 Å². The lowest BCUT2D eigenvalue weighted by Gasteiger charge is -2.07. The molecule has 0 saturated carbocycles. The topological polar surface area (TPSA) is 76.0 Å². The van der Waals surface area contributed by atoms with Gasteiger partial charge >= 0.3 is 6.18 Å². The van der Waals surface area contributed by atoms with Gasteiger partial charge in [-0.1, -0.05) is 0 Å². The van der Waals surface area contributed by atoms with Crippen molar-refractivity contribution >= 4 is 10.0 Å². The van der Waals surface area contributed by atoms with Crippen LogP contribution in [0.4, 0.5) is 13.2 Å². The van der Waals surface area contributed by atoms with Gasteiger partial charge in [0.05, 0.1) is 19.2 Å². The van der Waals surface area contributed by atoms with Crippen molar-refractivity contribution in [1.82, 2.24) is 19.8 Å². The summed E-state index contributed by atoms with van der Waals surface area (Å²) in [7, 11) is -2.20. The van der Waals surface area contributed by atoms with Gasteiger partial charge in [-0.25, -0.2) is 13.1 Å². The smallest absolute Gasteiger partial charge is 0.318 e. The number of hydrogen-bond donors (Lipinski definition) is 2. The molecule has 0 amide bonds. The van der Waals surface area contributed by atoms with Crippen molar-refractivity contribution in [1.29, 1.82) is 0 Å². The molecule has 0 atom stereocenters. The lowest BCUT2D eigenvalue weighted by atomic mass is 10.4. The van der Waals surface area contributed by atoms with Gasteiger partial charge in [-0.05, 0) is 7.05 Å². The Labute approximate surface area is 109 Å². The Morgan fingerprint density at radius 2 is 2.05 bits per heavy atom. The van der Waals surface area contributed by atoms with E-state index in [1.54, 1.807) is 7.05 Å². The summed E-state index contributed by atoms with van der Waals surface area (Å²) in [6.07, 6.45) is -3.22. The number of rotatable bonds is 7. The molecule has 0 fully saturated rings. The summed E-state index contributed by atoms with van der Waals surface area (Å²) < 4.78 is 62.4. The van der Waals surface area contributed by atoms with Gasteiger partial charge in [-0.2, -0.15) is 18.3 Å². The zero-order valence-electron chi connectivity index (χ0n) is 10.2. The summed E-state index contributed by atoms with van der Waals surface area (Å²) in [6, 6.07) is 0. The molecule has 0 aliphatic rings. The van der Waals surface area contributed by atoms with E-state index in [4.69, 9.17) is 0 Å². The Morgan fingerprint density at radius 1 is 1.37 bits per heavy atom. The fraction of sp³-hybridized carbons (Fsp3) is 0.667. The second kappa shape index (κ2) is 6.35. The van der Waals surface area contributed by atoms with Crippen molar-refractivity contribution in [2.75, 3.05) is 20.1 Å². The Morgan fingerprint density at radius 3 is 2.63 bits per heavy atom. The molecule has 2 N–H and O–H groups in total. The number of nitrogens with one attached hydrogen (secondary N) is 2. The number of halogens is 3. The molecule has 1 rings (SSSR count). The average Bonchev–Trinajstić information content (AvgIpc) is 2.73. The van der Waals surface area contributed by atoms with Gasteiger partial charge in [-0.15, -0.1) is 0 Å². The van der Waals surface area contributed by atoms with E-state index in [-0.39, 0.29) is 4.90 Å². The maximum Gasteiger partial charge on any atom is 0.390 e. The van der Waals surface area contributed by atoms with Crippen LogP contribution in [0.3, 0.4) is 0 Å². The van der Waals surface area contributed by atoms with E-state index < -0.39 is 29.2 Å². The first-order valence-electron chi connectivity index (χ1n) is 5.48. The van der Waals surface area contributed by atoms with Crippen molar-refractivity contribution in [2.24, 2.45) is 0 Å². The predicted molar refractivity (Wildman–Crippen MR) is 62.0 cm³/mol. The largest absolute Gasteiger partial charge is 0.390 e. The lowest BCUT2D eigenvalue weighted by Crippen LogP contribution is -2.27. The van der Waals surface area contributed by atoms with E-state index in [2.05, 4.69) is 10.4 Å². The Bertz CT molecular complexity index is 498. The molecule has 0 aliphatic heterocycles. The van der Waals surface area contributed by atoms with Crippen molar-refractivity contribution in [3.05, 3.63) is 12.4 Å². The van der Waals surface area contributed by atoms with E-state index in [9.17, 15) is 21.6 Å². The third-order valence-electron chi connectivity index (χ3n) is 2.21. The minimum absolute atomic E-state index is 0.147. The third kappa shape index (κ3) is 5.57. The molecule has 1 heterocycles. The molecule has 0 aliphatic carbocycles. The highest BCUT2D eigenvalue weighted by Crippen LogP contribution is 2.18. The summed E-state index contributed by atoms with van der Waals surface area (Å²) in [5.74, 6) is 0. The van der Waals surface area contributed by atoms with E-state index in [1.165, 1.54) is 10.9 Å². The van der Waals surface area contributed by atoms with E-state index in [0.717, 1.165) is 6.20 Å². The highest BCUT2D eigenvalue weighted by molar-refractivity contribution is 7.89. The van der Waals surface area contributed by atoms with Crippen LogP contribution in [0, 0.1) is 0 Å². The van der Waals surface area contributed by atoms with Crippen LogP contribution in [-0.2, 0) is 16.6 Å². The molecule has 0 saturated heterocycles. The Balaban J connectivity index is 2.59. The first-order chi connectivity index (χ1) is 8.74. The minimum Gasteiger partial charge on any atom is -0.318 e. The maximum atomic E-state index is 11.9. The normalized spacial score (nSPS) is 12.8. The first-order valence-corrected chi connectivity index (χ1v) is 6.96. The summed E-state index contributed by atoms with van der Waals surface area (Å²) in [6.45, 7) is 0.380. The van der Waals surface area contributed by atoms with Crippen molar-refractivity contribution in [3.63, 3.8) is 0 Å². The van der Waals surface area contributed by atoms with Crippen molar-refractivity contribution in [2.45, 2.75) is 24.0 Å². The van der Waals surface area contributed by atoms with Gasteiger partial charge in [0.25, 0.3) is 0 Å². The maximum absolute atomic E-state index is 11.9. The van der Waals surface area contributed by atoms with Crippen LogP contribution >= 0.6 is 0 Å².